The number of fused-ring (bicyclic) bond motifs is 2. The predicted molar refractivity (Wildman–Crippen MR) is 69.3 cm³/mol. The van der Waals surface area contributed by atoms with E-state index in [9.17, 15) is 0 Å². The molecule has 17 heavy (non-hydrogen) atoms. The number of allylic oxidation sites excluding steroid dienone is 2. The van der Waals surface area contributed by atoms with Gasteiger partial charge in [0.2, 0.25) is 0 Å². The molecule has 1 aromatic carbocycles. The van der Waals surface area contributed by atoms with E-state index in [2.05, 4.69) is 60.0 Å². The Morgan fingerprint density at radius 2 is 1.59 bits per heavy atom. The molecule has 0 radical (unpaired) electrons. The quantitative estimate of drug-likeness (QED) is 0.777. The molecular formula is C16H17N. The molecule has 0 heterocycles. The van der Waals surface area contributed by atoms with E-state index >= 15 is 0 Å². The molecule has 86 valence electrons. The zero-order valence-electron chi connectivity index (χ0n) is 9.79. The Bertz CT molecular complexity index is 454. The van der Waals surface area contributed by atoms with Crippen LogP contribution in [0.15, 0.2) is 54.6 Å². The molecule has 4 rings (SSSR count). The fraction of sp³-hybridized carbons (Fsp3) is 0.375. The van der Waals surface area contributed by atoms with E-state index in [-0.39, 0.29) is 0 Å². The second-order valence-corrected chi connectivity index (χ2v) is 5.47. The summed E-state index contributed by atoms with van der Waals surface area (Å²) in [6.45, 7) is 1.000. The molecule has 0 aromatic heterocycles. The number of hydrogen-bond donors (Lipinski definition) is 1. The van der Waals surface area contributed by atoms with E-state index < -0.39 is 0 Å². The maximum absolute atomic E-state index is 3.76. The topological polar surface area (TPSA) is 12.0 Å². The first-order valence-corrected chi connectivity index (χ1v) is 6.57. The van der Waals surface area contributed by atoms with Gasteiger partial charge in [-0.15, -0.1) is 0 Å². The average Bonchev–Trinajstić information content (AvgIpc) is 3.13. The molecule has 1 saturated carbocycles. The summed E-state index contributed by atoms with van der Waals surface area (Å²) < 4.78 is 0. The van der Waals surface area contributed by atoms with Crippen molar-refractivity contribution in [3.05, 3.63) is 60.2 Å². The maximum atomic E-state index is 3.76. The minimum Gasteiger partial charge on any atom is -0.309 e. The molecule has 1 fully saturated rings. The van der Waals surface area contributed by atoms with E-state index in [1.807, 2.05) is 0 Å². The zero-order chi connectivity index (χ0) is 11.2. The van der Waals surface area contributed by atoms with Gasteiger partial charge in [0.15, 0.2) is 0 Å². The van der Waals surface area contributed by atoms with Crippen molar-refractivity contribution in [2.24, 2.45) is 23.7 Å². The fourth-order valence-corrected chi connectivity index (χ4v) is 3.55. The van der Waals surface area contributed by atoms with E-state index in [1.54, 1.807) is 0 Å². The highest BCUT2D eigenvalue weighted by Gasteiger charge is 2.56. The van der Waals surface area contributed by atoms with Gasteiger partial charge in [-0.1, -0.05) is 54.6 Å². The van der Waals surface area contributed by atoms with Gasteiger partial charge in [-0.2, -0.15) is 0 Å². The second-order valence-electron chi connectivity index (χ2n) is 5.47. The first-order chi connectivity index (χ1) is 8.43. The summed E-state index contributed by atoms with van der Waals surface area (Å²) in [5.74, 6) is 3.16. The monoisotopic (exact) mass is 223 g/mol. The van der Waals surface area contributed by atoms with Crippen molar-refractivity contribution in [1.29, 1.82) is 0 Å². The van der Waals surface area contributed by atoms with Crippen molar-refractivity contribution in [3.63, 3.8) is 0 Å². The molecule has 3 aliphatic rings. The molecular weight excluding hydrogens is 206 g/mol. The van der Waals surface area contributed by atoms with Crippen molar-refractivity contribution in [3.8, 4) is 0 Å². The van der Waals surface area contributed by atoms with Gasteiger partial charge in [0.1, 0.15) is 0 Å². The lowest BCUT2D eigenvalue weighted by Crippen LogP contribution is -2.39. The number of nitrogens with one attached hydrogen (secondary N) is 1. The molecule has 0 saturated heterocycles. The molecule has 0 aliphatic heterocycles. The van der Waals surface area contributed by atoms with Crippen LogP contribution in [0.25, 0.3) is 0 Å². The Morgan fingerprint density at radius 3 is 2.29 bits per heavy atom. The minimum absolute atomic E-state index is 0.624. The molecule has 3 aliphatic carbocycles. The maximum Gasteiger partial charge on any atom is 0.0208 e. The standard InChI is InChI=1S/C16H17N/c1-2-4-11(5-3-1)10-17-16-12-6-8-13-14(9-7-12)15(13)16/h1-9,12-17H,10H2/t12?,13-,14?,15?,16?/m1/s1. The molecule has 1 aromatic rings. The fourth-order valence-electron chi connectivity index (χ4n) is 3.55. The summed E-state index contributed by atoms with van der Waals surface area (Å²) in [5.41, 5.74) is 1.39. The highest BCUT2D eigenvalue weighted by molar-refractivity contribution is 5.32. The summed E-state index contributed by atoms with van der Waals surface area (Å²) in [6.07, 6.45) is 9.65. The SMILES string of the molecule is C1=CC2C3C(NCc4ccccc4)C1C=C[C@H]23. The van der Waals surface area contributed by atoms with Crippen LogP contribution >= 0.6 is 0 Å². The van der Waals surface area contributed by atoms with Crippen LogP contribution in [0.2, 0.25) is 0 Å². The van der Waals surface area contributed by atoms with Crippen molar-refractivity contribution in [2.75, 3.05) is 0 Å². The third kappa shape index (κ3) is 1.49. The van der Waals surface area contributed by atoms with Gasteiger partial charge in [-0.05, 0) is 23.3 Å². The summed E-state index contributed by atoms with van der Waals surface area (Å²) in [4.78, 5) is 0. The zero-order valence-corrected chi connectivity index (χ0v) is 9.79. The Hall–Kier alpha value is -1.34. The summed E-state index contributed by atoms with van der Waals surface area (Å²) in [5, 5.41) is 3.76. The minimum atomic E-state index is 0.624. The van der Waals surface area contributed by atoms with Crippen molar-refractivity contribution < 1.29 is 0 Å². The third-order valence-electron chi connectivity index (χ3n) is 4.52. The molecule has 0 spiro atoms. The molecule has 5 atom stereocenters. The van der Waals surface area contributed by atoms with E-state index in [0.717, 1.165) is 24.3 Å². The average molecular weight is 223 g/mol. The van der Waals surface area contributed by atoms with Crippen molar-refractivity contribution >= 4 is 0 Å². The van der Waals surface area contributed by atoms with Crippen LogP contribution in [0.1, 0.15) is 5.56 Å². The van der Waals surface area contributed by atoms with Gasteiger partial charge < -0.3 is 5.32 Å². The van der Waals surface area contributed by atoms with Gasteiger partial charge in [0.25, 0.3) is 0 Å². The smallest absolute Gasteiger partial charge is 0.0208 e. The Balaban J connectivity index is 1.48. The van der Waals surface area contributed by atoms with E-state index in [4.69, 9.17) is 0 Å². The van der Waals surface area contributed by atoms with Crippen LogP contribution in [0.5, 0.6) is 0 Å². The molecule has 2 bridgehead atoms. The number of benzene rings is 1. The van der Waals surface area contributed by atoms with Gasteiger partial charge in [0, 0.05) is 18.5 Å². The van der Waals surface area contributed by atoms with E-state index in [1.165, 1.54) is 5.56 Å². The Kier molecular flexibility index (Phi) is 2.03. The van der Waals surface area contributed by atoms with Gasteiger partial charge in [-0.3, -0.25) is 0 Å². The van der Waals surface area contributed by atoms with E-state index in [0.29, 0.717) is 12.0 Å². The molecule has 1 heteroatoms. The van der Waals surface area contributed by atoms with Crippen molar-refractivity contribution in [1.82, 2.24) is 5.32 Å². The first-order valence-electron chi connectivity index (χ1n) is 6.57. The van der Waals surface area contributed by atoms with Crippen LogP contribution in [0.4, 0.5) is 0 Å². The van der Waals surface area contributed by atoms with Crippen LogP contribution < -0.4 is 5.32 Å². The van der Waals surface area contributed by atoms with Gasteiger partial charge in [0.05, 0.1) is 0 Å². The van der Waals surface area contributed by atoms with Crippen LogP contribution in [0, 0.1) is 23.7 Å². The first kappa shape index (κ1) is 9.67. The highest BCUT2D eigenvalue weighted by Crippen LogP contribution is 2.57. The van der Waals surface area contributed by atoms with Crippen LogP contribution in [-0.2, 0) is 6.54 Å². The van der Waals surface area contributed by atoms with Gasteiger partial charge in [-0.25, -0.2) is 0 Å². The lowest BCUT2D eigenvalue weighted by Gasteiger charge is -2.28. The van der Waals surface area contributed by atoms with Crippen molar-refractivity contribution in [2.45, 2.75) is 12.6 Å². The molecule has 4 unspecified atom stereocenters. The number of rotatable bonds is 3. The predicted octanol–water partition coefficient (Wildman–Crippen LogP) is 2.76. The lowest BCUT2D eigenvalue weighted by atomic mass is 9.87. The Morgan fingerprint density at radius 1 is 0.882 bits per heavy atom. The van der Waals surface area contributed by atoms with Gasteiger partial charge >= 0.3 is 0 Å². The summed E-state index contributed by atoms with van der Waals surface area (Å²) >= 11 is 0. The Labute approximate surface area is 102 Å². The summed E-state index contributed by atoms with van der Waals surface area (Å²) in [7, 11) is 0. The number of hydrogen-bond acceptors (Lipinski definition) is 1. The lowest BCUT2D eigenvalue weighted by molar-refractivity contribution is 0.375. The molecule has 0 amide bonds. The molecule has 1 nitrogen and oxygen atoms in total. The highest BCUT2D eigenvalue weighted by atomic mass is 15.0. The summed E-state index contributed by atoms with van der Waals surface area (Å²) in [6, 6.07) is 11.4. The molecule has 1 N–H and O–H groups in total. The second kappa shape index (κ2) is 3.58. The van der Waals surface area contributed by atoms with Crippen LogP contribution in [0.3, 0.4) is 0 Å². The normalized spacial score (nSPS) is 40.4. The third-order valence-corrected chi connectivity index (χ3v) is 4.52. The largest absolute Gasteiger partial charge is 0.309 e. The van der Waals surface area contributed by atoms with Crippen LogP contribution in [-0.4, -0.2) is 6.04 Å².